The summed E-state index contributed by atoms with van der Waals surface area (Å²) in [6.45, 7) is -0.153. The second-order valence-corrected chi connectivity index (χ2v) is 3.15. The number of pyridine rings is 1. The third-order valence-electron chi connectivity index (χ3n) is 1.55. The lowest BCUT2D eigenvalue weighted by Crippen LogP contribution is -2.07. The Morgan fingerprint density at radius 3 is 2.54 bits per heavy atom. The minimum atomic E-state index is -2.90. The standard InChI is InChI=1S/C7H6BrF3N2/c8-4-2-13-7(11)5(6(9)10)3(4)1-12/h2,6H,1,12H2. The molecule has 0 aliphatic heterocycles. The zero-order valence-corrected chi connectivity index (χ0v) is 7.98. The Labute approximate surface area is 81.1 Å². The normalized spacial score (nSPS) is 10.9. The van der Waals surface area contributed by atoms with E-state index in [1.54, 1.807) is 0 Å². The average molecular weight is 255 g/mol. The maximum Gasteiger partial charge on any atom is 0.268 e. The molecule has 1 aromatic rings. The lowest BCUT2D eigenvalue weighted by atomic mass is 10.1. The summed E-state index contributed by atoms with van der Waals surface area (Å²) < 4.78 is 37.7. The minimum absolute atomic E-state index is 0.0579. The van der Waals surface area contributed by atoms with E-state index in [9.17, 15) is 13.2 Å². The molecule has 0 amide bonds. The van der Waals surface area contributed by atoms with Crippen molar-refractivity contribution >= 4 is 15.9 Å². The Hall–Kier alpha value is -0.620. The molecule has 72 valence electrons. The highest BCUT2D eigenvalue weighted by atomic mass is 79.9. The summed E-state index contributed by atoms with van der Waals surface area (Å²) >= 11 is 2.97. The molecular formula is C7H6BrF3N2. The van der Waals surface area contributed by atoms with Gasteiger partial charge in [0.2, 0.25) is 5.95 Å². The molecule has 1 rings (SSSR count). The van der Waals surface area contributed by atoms with Gasteiger partial charge in [0, 0.05) is 17.2 Å². The molecular weight excluding hydrogens is 249 g/mol. The molecule has 1 heterocycles. The van der Waals surface area contributed by atoms with E-state index in [0.717, 1.165) is 6.20 Å². The molecule has 0 fully saturated rings. The number of aromatic nitrogens is 1. The minimum Gasteiger partial charge on any atom is -0.326 e. The fourth-order valence-corrected chi connectivity index (χ4v) is 1.42. The van der Waals surface area contributed by atoms with Crippen LogP contribution < -0.4 is 5.73 Å². The van der Waals surface area contributed by atoms with Crippen molar-refractivity contribution in [3.63, 3.8) is 0 Å². The lowest BCUT2D eigenvalue weighted by Gasteiger charge is -2.08. The molecule has 0 aliphatic rings. The van der Waals surface area contributed by atoms with Crippen LogP contribution in [0.25, 0.3) is 0 Å². The molecule has 0 radical (unpaired) electrons. The van der Waals surface area contributed by atoms with E-state index in [1.165, 1.54) is 0 Å². The monoisotopic (exact) mass is 254 g/mol. The van der Waals surface area contributed by atoms with E-state index in [2.05, 4.69) is 20.9 Å². The van der Waals surface area contributed by atoms with Crippen LogP contribution in [0.15, 0.2) is 10.7 Å². The maximum atomic E-state index is 12.8. The molecule has 0 bridgehead atoms. The molecule has 6 heteroatoms. The molecule has 1 aromatic heterocycles. The fraction of sp³-hybridized carbons (Fsp3) is 0.286. The number of hydrogen-bond acceptors (Lipinski definition) is 2. The Balaban J connectivity index is 3.35. The Morgan fingerprint density at radius 2 is 2.15 bits per heavy atom. The number of hydrogen-bond donors (Lipinski definition) is 1. The van der Waals surface area contributed by atoms with E-state index in [1.807, 2.05) is 0 Å². The SMILES string of the molecule is NCc1c(Br)cnc(F)c1C(F)F. The van der Waals surface area contributed by atoms with Gasteiger partial charge in [0.15, 0.2) is 0 Å². The highest BCUT2D eigenvalue weighted by Gasteiger charge is 2.20. The first-order valence-corrected chi connectivity index (χ1v) is 4.18. The van der Waals surface area contributed by atoms with Gasteiger partial charge in [-0.1, -0.05) is 0 Å². The molecule has 0 unspecified atom stereocenters. The van der Waals surface area contributed by atoms with Gasteiger partial charge in [0.25, 0.3) is 6.43 Å². The van der Waals surface area contributed by atoms with Crippen molar-refractivity contribution < 1.29 is 13.2 Å². The molecule has 0 aromatic carbocycles. The van der Waals surface area contributed by atoms with Crippen LogP contribution in [0, 0.1) is 5.95 Å². The first-order valence-electron chi connectivity index (χ1n) is 3.39. The fourth-order valence-electron chi connectivity index (χ4n) is 0.943. The van der Waals surface area contributed by atoms with Crippen molar-refractivity contribution in [2.24, 2.45) is 5.73 Å². The van der Waals surface area contributed by atoms with Gasteiger partial charge in [0.1, 0.15) is 0 Å². The van der Waals surface area contributed by atoms with E-state index < -0.39 is 17.9 Å². The Kier molecular flexibility index (Phi) is 3.27. The van der Waals surface area contributed by atoms with Crippen LogP contribution in [-0.2, 0) is 6.54 Å². The number of nitrogens with zero attached hydrogens (tertiary/aromatic N) is 1. The van der Waals surface area contributed by atoms with Crippen molar-refractivity contribution in [2.45, 2.75) is 13.0 Å². The van der Waals surface area contributed by atoms with Crippen LogP contribution in [-0.4, -0.2) is 4.98 Å². The first-order chi connectivity index (χ1) is 6.07. The predicted molar refractivity (Wildman–Crippen MR) is 44.7 cm³/mol. The van der Waals surface area contributed by atoms with Crippen molar-refractivity contribution in [1.29, 1.82) is 0 Å². The second-order valence-electron chi connectivity index (χ2n) is 2.29. The summed E-state index contributed by atoms with van der Waals surface area (Å²) in [6.07, 6.45) is -1.79. The van der Waals surface area contributed by atoms with Gasteiger partial charge in [-0.15, -0.1) is 0 Å². The third-order valence-corrected chi connectivity index (χ3v) is 2.23. The zero-order chi connectivity index (χ0) is 10.0. The van der Waals surface area contributed by atoms with E-state index in [4.69, 9.17) is 5.73 Å². The summed E-state index contributed by atoms with van der Waals surface area (Å²) in [4.78, 5) is 3.16. The summed E-state index contributed by atoms with van der Waals surface area (Å²) in [7, 11) is 0. The van der Waals surface area contributed by atoms with Crippen molar-refractivity contribution in [2.75, 3.05) is 0 Å². The van der Waals surface area contributed by atoms with E-state index in [-0.39, 0.29) is 12.1 Å². The third kappa shape index (κ3) is 2.00. The second kappa shape index (κ2) is 4.06. The van der Waals surface area contributed by atoms with Crippen LogP contribution in [0.4, 0.5) is 13.2 Å². The molecule has 0 aliphatic carbocycles. The summed E-state index contributed by atoms with van der Waals surface area (Å²) in [5.41, 5.74) is 4.53. The number of nitrogens with two attached hydrogens (primary N) is 1. The largest absolute Gasteiger partial charge is 0.326 e. The summed E-state index contributed by atoms with van der Waals surface area (Å²) in [5, 5.41) is 0. The van der Waals surface area contributed by atoms with Gasteiger partial charge in [-0.25, -0.2) is 13.8 Å². The van der Waals surface area contributed by atoms with Crippen molar-refractivity contribution in [1.82, 2.24) is 4.98 Å². The smallest absolute Gasteiger partial charge is 0.268 e. The Bertz CT molecular complexity index is 317. The molecule has 13 heavy (non-hydrogen) atoms. The Morgan fingerprint density at radius 1 is 1.54 bits per heavy atom. The molecule has 2 N–H and O–H groups in total. The molecule has 0 saturated carbocycles. The van der Waals surface area contributed by atoms with Gasteiger partial charge in [-0.3, -0.25) is 0 Å². The molecule has 0 saturated heterocycles. The topological polar surface area (TPSA) is 38.9 Å². The van der Waals surface area contributed by atoms with Gasteiger partial charge in [0.05, 0.1) is 5.56 Å². The average Bonchev–Trinajstić information content (AvgIpc) is 2.07. The highest BCUT2D eigenvalue weighted by molar-refractivity contribution is 9.10. The number of rotatable bonds is 2. The van der Waals surface area contributed by atoms with Crippen molar-refractivity contribution in [3.05, 3.63) is 27.7 Å². The zero-order valence-electron chi connectivity index (χ0n) is 6.40. The molecule has 0 spiro atoms. The van der Waals surface area contributed by atoms with Crippen LogP contribution in [0.3, 0.4) is 0 Å². The predicted octanol–water partition coefficient (Wildman–Crippen LogP) is 2.38. The number of alkyl halides is 2. The maximum absolute atomic E-state index is 12.8. The summed E-state index contributed by atoms with van der Waals surface area (Å²) in [5.74, 6) is -1.17. The number of halogens is 4. The van der Waals surface area contributed by atoms with Crippen LogP contribution in [0.2, 0.25) is 0 Å². The first kappa shape index (κ1) is 10.5. The van der Waals surface area contributed by atoms with Crippen LogP contribution in [0.5, 0.6) is 0 Å². The quantitative estimate of drug-likeness (QED) is 0.824. The molecule has 0 atom stereocenters. The van der Waals surface area contributed by atoms with Gasteiger partial charge in [-0.05, 0) is 21.5 Å². The van der Waals surface area contributed by atoms with Gasteiger partial charge >= 0.3 is 0 Å². The molecule has 2 nitrogen and oxygen atoms in total. The lowest BCUT2D eigenvalue weighted by molar-refractivity contribution is 0.143. The summed E-state index contributed by atoms with van der Waals surface area (Å²) in [6, 6.07) is 0. The van der Waals surface area contributed by atoms with Crippen LogP contribution >= 0.6 is 15.9 Å². The van der Waals surface area contributed by atoms with Crippen molar-refractivity contribution in [3.8, 4) is 0 Å². The van der Waals surface area contributed by atoms with Gasteiger partial charge in [-0.2, -0.15) is 4.39 Å². The van der Waals surface area contributed by atoms with Crippen LogP contribution in [0.1, 0.15) is 17.6 Å². The van der Waals surface area contributed by atoms with E-state index >= 15 is 0 Å². The highest BCUT2D eigenvalue weighted by Crippen LogP contribution is 2.29. The van der Waals surface area contributed by atoms with E-state index in [0.29, 0.717) is 4.47 Å². The van der Waals surface area contributed by atoms with Gasteiger partial charge < -0.3 is 5.73 Å².